The molecule has 1 aromatic rings. The summed E-state index contributed by atoms with van der Waals surface area (Å²) in [6.07, 6.45) is -4.38. The third-order valence-electron chi connectivity index (χ3n) is 2.06. The lowest BCUT2D eigenvalue weighted by molar-refractivity contribution is -0.172. The predicted molar refractivity (Wildman–Crippen MR) is 69.8 cm³/mol. The minimum Gasteiger partial charge on any atom is -0.473 e. The number of nitrogens with zero attached hydrogens (tertiary/aromatic N) is 1. The summed E-state index contributed by atoms with van der Waals surface area (Å²) < 4.78 is 45.4. The molecule has 8 heteroatoms. The van der Waals surface area contributed by atoms with E-state index in [9.17, 15) is 13.2 Å². The van der Waals surface area contributed by atoms with Crippen molar-refractivity contribution in [2.24, 2.45) is 0 Å². The van der Waals surface area contributed by atoms with E-state index in [2.05, 4.69) is 15.0 Å². The zero-order valence-electron chi connectivity index (χ0n) is 11.3. The molecule has 1 heterocycles. The summed E-state index contributed by atoms with van der Waals surface area (Å²) in [6.45, 7) is 2.55. The molecule has 0 aliphatic heterocycles. The van der Waals surface area contributed by atoms with Gasteiger partial charge in [-0.05, 0) is 26.0 Å². The molecule has 20 heavy (non-hydrogen) atoms. The van der Waals surface area contributed by atoms with Crippen LogP contribution in [0.2, 0.25) is 0 Å². The molecule has 0 radical (unpaired) electrons. The van der Waals surface area contributed by atoms with E-state index in [0.29, 0.717) is 17.4 Å². The van der Waals surface area contributed by atoms with Crippen molar-refractivity contribution in [2.45, 2.75) is 26.1 Å². The van der Waals surface area contributed by atoms with Crippen LogP contribution in [-0.4, -0.2) is 37.0 Å². The van der Waals surface area contributed by atoms with Gasteiger partial charge in [0.25, 0.3) is 0 Å². The summed E-state index contributed by atoms with van der Waals surface area (Å²) in [5.74, 6) is 0.756. The molecule has 0 atom stereocenters. The number of halogens is 3. The van der Waals surface area contributed by atoms with E-state index in [1.165, 1.54) is 0 Å². The van der Waals surface area contributed by atoms with Crippen molar-refractivity contribution >= 4 is 11.5 Å². The first-order valence-corrected chi connectivity index (χ1v) is 6.09. The Morgan fingerprint density at radius 2 is 2.05 bits per heavy atom. The number of alkyl halides is 3. The first kappa shape index (κ1) is 16.4. The Bertz CT molecular complexity index is 425. The highest BCUT2D eigenvalue weighted by atomic mass is 19.4. The second-order valence-corrected chi connectivity index (χ2v) is 4.35. The highest BCUT2D eigenvalue weighted by Crippen LogP contribution is 2.21. The Balaban J connectivity index is 2.40. The lowest BCUT2D eigenvalue weighted by Gasteiger charge is -2.13. The van der Waals surface area contributed by atoms with Crippen LogP contribution in [0.1, 0.15) is 13.8 Å². The van der Waals surface area contributed by atoms with Crippen LogP contribution in [0.5, 0.6) is 5.88 Å². The normalized spacial score (nSPS) is 11.7. The Kier molecular flexibility index (Phi) is 5.87. The molecule has 0 aliphatic rings. The van der Waals surface area contributed by atoms with Gasteiger partial charge >= 0.3 is 6.18 Å². The summed E-state index contributed by atoms with van der Waals surface area (Å²) in [6, 6.07) is 3.23. The Labute approximate surface area is 115 Å². The van der Waals surface area contributed by atoms with Gasteiger partial charge in [0.1, 0.15) is 12.4 Å². The van der Waals surface area contributed by atoms with Crippen molar-refractivity contribution in [1.29, 1.82) is 0 Å². The number of nitrogens with two attached hydrogens (primary N) is 1. The number of rotatable bonds is 7. The van der Waals surface area contributed by atoms with E-state index in [1.807, 2.05) is 13.8 Å². The molecule has 1 rings (SSSR count). The van der Waals surface area contributed by atoms with E-state index >= 15 is 0 Å². The van der Waals surface area contributed by atoms with Crippen LogP contribution < -0.4 is 15.8 Å². The fraction of sp³-hybridized carbons (Fsp3) is 0.583. The minimum atomic E-state index is -4.31. The zero-order chi connectivity index (χ0) is 15.2. The largest absolute Gasteiger partial charge is 0.473 e. The minimum absolute atomic E-state index is 0.0739. The molecule has 0 fully saturated rings. The average Bonchev–Trinajstić information content (AvgIpc) is 2.30. The molecule has 0 amide bonds. The molecule has 0 aliphatic carbocycles. The van der Waals surface area contributed by atoms with Gasteiger partial charge < -0.3 is 20.5 Å². The molecule has 1 aromatic heterocycles. The van der Waals surface area contributed by atoms with Crippen molar-refractivity contribution in [2.75, 3.05) is 30.8 Å². The molecule has 114 valence electrons. The van der Waals surface area contributed by atoms with Gasteiger partial charge in [-0.1, -0.05) is 0 Å². The average molecular weight is 293 g/mol. The molecule has 3 N–H and O–H groups in total. The molecule has 0 saturated heterocycles. The maximum absolute atomic E-state index is 11.8. The van der Waals surface area contributed by atoms with Crippen LogP contribution in [0.4, 0.5) is 24.7 Å². The molecule has 0 spiro atoms. The summed E-state index contributed by atoms with van der Waals surface area (Å²) in [5.41, 5.74) is 6.10. The SMILES string of the molecule is CC(C)Oc1nc(NCCOCC(F)(F)F)ccc1N. The number of aromatic nitrogens is 1. The number of hydrogen-bond donors (Lipinski definition) is 2. The fourth-order valence-electron chi connectivity index (χ4n) is 1.31. The highest BCUT2D eigenvalue weighted by Gasteiger charge is 2.27. The lowest BCUT2D eigenvalue weighted by atomic mass is 10.4. The van der Waals surface area contributed by atoms with Crippen molar-refractivity contribution in [3.05, 3.63) is 12.1 Å². The summed E-state index contributed by atoms with van der Waals surface area (Å²) >= 11 is 0. The van der Waals surface area contributed by atoms with Crippen LogP contribution in [0.25, 0.3) is 0 Å². The molecular formula is C12H18F3N3O2. The van der Waals surface area contributed by atoms with Gasteiger partial charge in [-0.25, -0.2) is 0 Å². The maximum atomic E-state index is 11.8. The smallest absolute Gasteiger partial charge is 0.411 e. The third-order valence-corrected chi connectivity index (χ3v) is 2.06. The summed E-state index contributed by atoms with van der Waals surface area (Å²) in [7, 11) is 0. The molecular weight excluding hydrogens is 275 g/mol. The topological polar surface area (TPSA) is 69.4 Å². The number of hydrogen-bond acceptors (Lipinski definition) is 5. The van der Waals surface area contributed by atoms with Crippen LogP contribution in [-0.2, 0) is 4.74 Å². The lowest BCUT2D eigenvalue weighted by Crippen LogP contribution is -2.20. The second kappa shape index (κ2) is 7.18. The van der Waals surface area contributed by atoms with Crippen LogP contribution in [0.3, 0.4) is 0 Å². The molecule has 0 saturated carbocycles. The van der Waals surface area contributed by atoms with Gasteiger partial charge in [0.15, 0.2) is 0 Å². The van der Waals surface area contributed by atoms with E-state index in [-0.39, 0.29) is 19.3 Å². The van der Waals surface area contributed by atoms with Crippen molar-refractivity contribution in [1.82, 2.24) is 4.98 Å². The number of ether oxygens (including phenoxy) is 2. The molecule has 0 unspecified atom stereocenters. The number of nitrogens with one attached hydrogen (secondary N) is 1. The maximum Gasteiger partial charge on any atom is 0.411 e. The molecule has 5 nitrogen and oxygen atoms in total. The van der Waals surface area contributed by atoms with E-state index in [1.54, 1.807) is 12.1 Å². The van der Waals surface area contributed by atoms with Crippen molar-refractivity contribution in [3.63, 3.8) is 0 Å². The highest BCUT2D eigenvalue weighted by molar-refractivity contribution is 5.53. The molecule has 0 bridgehead atoms. The van der Waals surface area contributed by atoms with E-state index in [0.717, 1.165) is 0 Å². The first-order chi connectivity index (χ1) is 9.28. The van der Waals surface area contributed by atoms with Gasteiger partial charge in [-0.3, -0.25) is 0 Å². The van der Waals surface area contributed by atoms with Gasteiger partial charge in [-0.15, -0.1) is 0 Å². The van der Waals surface area contributed by atoms with Gasteiger partial charge in [0.2, 0.25) is 5.88 Å². The fourth-order valence-corrected chi connectivity index (χ4v) is 1.31. The quantitative estimate of drug-likeness (QED) is 0.756. The van der Waals surface area contributed by atoms with Crippen molar-refractivity contribution in [3.8, 4) is 5.88 Å². The Hall–Kier alpha value is -1.70. The van der Waals surface area contributed by atoms with Crippen LogP contribution >= 0.6 is 0 Å². The number of pyridine rings is 1. The Morgan fingerprint density at radius 1 is 1.35 bits per heavy atom. The van der Waals surface area contributed by atoms with Crippen molar-refractivity contribution < 1.29 is 22.6 Å². The first-order valence-electron chi connectivity index (χ1n) is 6.09. The predicted octanol–water partition coefficient (Wildman–Crippen LogP) is 2.44. The number of nitrogen functional groups attached to an aromatic ring is 1. The Morgan fingerprint density at radius 3 is 2.65 bits per heavy atom. The standard InChI is InChI=1S/C12H18F3N3O2/c1-8(2)20-11-9(16)3-4-10(18-11)17-5-6-19-7-12(13,14)15/h3-4,8H,5-7,16H2,1-2H3,(H,17,18). The summed E-state index contributed by atoms with van der Waals surface area (Å²) in [4.78, 5) is 4.12. The van der Waals surface area contributed by atoms with E-state index < -0.39 is 12.8 Å². The summed E-state index contributed by atoms with van der Waals surface area (Å²) in [5, 5.41) is 2.83. The van der Waals surface area contributed by atoms with Gasteiger partial charge in [0, 0.05) is 6.54 Å². The number of anilines is 2. The van der Waals surface area contributed by atoms with Gasteiger partial charge in [0.05, 0.1) is 18.4 Å². The molecule has 0 aromatic carbocycles. The third kappa shape index (κ3) is 6.46. The van der Waals surface area contributed by atoms with Crippen LogP contribution in [0.15, 0.2) is 12.1 Å². The zero-order valence-corrected chi connectivity index (χ0v) is 11.3. The second-order valence-electron chi connectivity index (χ2n) is 4.35. The van der Waals surface area contributed by atoms with Crippen LogP contribution in [0, 0.1) is 0 Å². The van der Waals surface area contributed by atoms with Gasteiger partial charge in [-0.2, -0.15) is 18.2 Å². The van der Waals surface area contributed by atoms with E-state index in [4.69, 9.17) is 10.5 Å². The monoisotopic (exact) mass is 293 g/mol.